The smallest absolute Gasteiger partial charge is 0.338 e. The molecule has 0 atom stereocenters. The van der Waals surface area contributed by atoms with Crippen molar-refractivity contribution in [1.82, 2.24) is 4.90 Å². The second kappa shape index (κ2) is 5.94. The fraction of sp³-hybridized carbons (Fsp3) is 0.588. The van der Waals surface area contributed by atoms with Crippen LogP contribution < -0.4 is 0 Å². The molecule has 2 nitrogen and oxygen atoms in total. The van der Waals surface area contributed by atoms with Crippen molar-refractivity contribution in [2.45, 2.75) is 44.8 Å². The third-order valence-electron chi connectivity index (χ3n) is 4.98. The molecule has 1 aliphatic carbocycles. The molecule has 1 aromatic rings. The van der Waals surface area contributed by atoms with Crippen LogP contribution in [0.4, 0.5) is 13.2 Å². The highest BCUT2D eigenvalue weighted by Crippen LogP contribution is 2.40. The molecule has 2 aliphatic rings. The lowest BCUT2D eigenvalue weighted by atomic mass is 9.80. The fourth-order valence-corrected chi connectivity index (χ4v) is 3.61. The van der Waals surface area contributed by atoms with Gasteiger partial charge in [-0.3, -0.25) is 4.79 Å². The van der Waals surface area contributed by atoms with E-state index in [-0.39, 0.29) is 24.7 Å². The van der Waals surface area contributed by atoms with E-state index in [0.29, 0.717) is 25.9 Å². The lowest BCUT2D eigenvalue weighted by Crippen LogP contribution is -2.41. The maximum absolute atomic E-state index is 12.7. The molecule has 1 fully saturated rings. The van der Waals surface area contributed by atoms with Crippen LogP contribution in [0.3, 0.4) is 0 Å². The molecule has 0 spiro atoms. The van der Waals surface area contributed by atoms with Gasteiger partial charge < -0.3 is 4.90 Å². The van der Waals surface area contributed by atoms with E-state index in [1.807, 2.05) is 23.1 Å². The summed E-state index contributed by atoms with van der Waals surface area (Å²) in [5.41, 5.74) is 2.43. The number of hydrogen-bond acceptors (Lipinski definition) is 1. The molecule has 1 saturated carbocycles. The highest BCUT2D eigenvalue weighted by atomic mass is 19.4. The first-order valence-electron chi connectivity index (χ1n) is 7.87. The molecular formula is C17H20F3NO. The highest BCUT2D eigenvalue weighted by Gasteiger charge is 2.43. The Hall–Kier alpha value is -1.52. The summed E-state index contributed by atoms with van der Waals surface area (Å²) in [6.07, 6.45) is -2.38. The maximum Gasteiger partial charge on any atom is 0.391 e. The zero-order chi connectivity index (χ0) is 15.7. The van der Waals surface area contributed by atoms with Gasteiger partial charge in [-0.15, -0.1) is 0 Å². The molecule has 3 rings (SSSR count). The lowest BCUT2D eigenvalue weighted by Gasteiger charge is -2.35. The number of rotatable bonds is 1. The van der Waals surface area contributed by atoms with Crippen LogP contribution in [0.5, 0.6) is 0 Å². The third kappa shape index (κ3) is 3.13. The van der Waals surface area contributed by atoms with Gasteiger partial charge in [0.2, 0.25) is 5.91 Å². The molecule has 1 aromatic carbocycles. The topological polar surface area (TPSA) is 20.3 Å². The predicted molar refractivity (Wildman–Crippen MR) is 77.1 cm³/mol. The molecule has 0 aromatic heterocycles. The SMILES string of the molecule is O=C(C1CCC(C(F)(F)F)CC1)N1CCc2ccccc2C1. The molecule has 0 unspecified atom stereocenters. The highest BCUT2D eigenvalue weighted by molar-refractivity contribution is 5.79. The number of alkyl halides is 3. The summed E-state index contributed by atoms with van der Waals surface area (Å²) in [7, 11) is 0. The average molecular weight is 311 g/mol. The standard InChI is InChI=1S/C17H20F3NO/c18-17(19,20)15-7-5-13(6-8-15)16(22)21-10-9-12-3-1-2-4-14(12)11-21/h1-4,13,15H,5-11H2. The van der Waals surface area contributed by atoms with E-state index in [9.17, 15) is 18.0 Å². The Morgan fingerprint density at radius 2 is 1.68 bits per heavy atom. The second-order valence-electron chi connectivity index (χ2n) is 6.37. The van der Waals surface area contributed by atoms with Crippen molar-refractivity contribution in [1.29, 1.82) is 0 Å². The number of halogens is 3. The van der Waals surface area contributed by atoms with Crippen LogP contribution >= 0.6 is 0 Å². The molecule has 5 heteroatoms. The van der Waals surface area contributed by atoms with E-state index in [1.54, 1.807) is 0 Å². The fourth-order valence-electron chi connectivity index (χ4n) is 3.61. The molecule has 0 saturated heterocycles. The number of fused-ring (bicyclic) bond motifs is 1. The van der Waals surface area contributed by atoms with Crippen LogP contribution in [0, 0.1) is 11.8 Å². The van der Waals surface area contributed by atoms with Gasteiger partial charge in [-0.1, -0.05) is 24.3 Å². The second-order valence-corrected chi connectivity index (χ2v) is 6.37. The molecular weight excluding hydrogens is 291 g/mol. The first kappa shape index (κ1) is 15.4. The monoisotopic (exact) mass is 311 g/mol. The van der Waals surface area contributed by atoms with E-state index in [0.717, 1.165) is 12.0 Å². The first-order valence-corrected chi connectivity index (χ1v) is 7.87. The van der Waals surface area contributed by atoms with Crippen molar-refractivity contribution in [2.24, 2.45) is 11.8 Å². The number of carbonyl (C=O) groups is 1. The van der Waals surface area contributed by atoms with E-state index in [2.05, 4.69) is 6.07 Å². The normalized spacial score (nSPS) is 25.7. The van der Waals surface area contributed by atoms with Crippen molar-refractivity contribution >= 4 is 5.91 Å². The molecule has 1 amide bonds. The van der Waals surface area contributed by atoms with Gasteiger partial charge in [0.15, 0.2) is 0 Å². The summed E-state index contributed by atoms with van der Waals surface area (Å²) in [4.78, 5) is 14.4. The molecule has 0 N–H and O–H groups in total. The summed E-state index contributed by atoms with van der Waals surface area (Å²) in [5.74, 6) is -1.42. The average Bonchev–Trinajstić information content (AvgIpc) is 2.53. The van der Waals surface area contributed by atoms with Crippen molar-refractivity contribution in [3.63, 3.8) is 0 Å². The summed E-state index contributed by atoms with van der Waals surface area (Å²) >= 11 is 0. The molecule has 1 heterocycles. The van der Waals surface area contributed by atoms with Crippen LogP contribution in [-0.2, 0) is 17.8 Å². The van der Waals surface area contributed by atoms with Gasteiger partial charge in [-0.2, -0.15) is 13.2 Å². The van der Waals surface area contributed by atoms with Crippen LogP contribution in [-0.4, -0.2) is 23.5 Å². The van der Waals surface area contributed by atoms with Gasteiger partial charge in [0.05, 0.1) is 5.92 Å². The Morgan fingerprint density at radius 3 is 2.32 bits per heavy atom. The summed E-state index contributed by atoms with van der Waals surface area (Å²) in [6, 6.07) is 8.05. The number of amides is 1. The van der Waals surface area contributed by atoms with Crippen molar-refractivity contribution in [3.8, 4) is 0 Å². The van der Waals surface area contributed by atoms with Crippen LogP contribution in [0.15, 0.2) is 24.3 Å². The Balaban J connectivity index is 1.60. The van der Waals surface area contributed by atoms with Crippen molar-refractivity contribution in [3.05, 3.63) is 35.4 Å². The van der Waals surface area contributed by atoms with Crippen LogP contribution in [0.25, 0.3) is 0 Å². The Labute approximate surface area is 128 Å². The van der Waals surface area contributed by atoms with E-state index in [1.165, 1.54) is 5.56 Å². The van der Waals surface area contributed by atoms with Crippen molar-refractivity contribution < 1.29 is 18.0 Å². The minimum Gasteiger partial charge on any atom is -0.338 e. The van der Waals surface area contributed by atoms with Crippen LogP contribution in [0.1, 0.15) is 36.8 Å². The zero-order valence-electron chi connectivity index (χ0n) is 12.4. The largest absolute Gasteiger partial charge is 0.391 e. The molecule has 1 aliphatic heterocycles. The lowest BCUT2D eigenvalue weighted by molar-refractivity contribution is -0.185. The van der Waals surface area contributed by atoms with E-state index in [4.69, 9.17) is 0 Å². The first-order chi connectivity index (χ1) is 10.4. The van der Waals surface area contributed by atoms with Crippen LogP contribution in [0.2, 0.25) is 0 Å². The minimum absolute atomic E-state index is 0.0372. The number of hydrogen-bond donors (Lipinski definition) is 0. The minimum atomic E-state index is -4.11. The Kier molecular flexibility index (Phi) is 4.15. The molecule has 0 bridgehead atoms. The van der Waals surface area contributed by atoms with Gasteiger partial charge in [0.25, 0.3) is 0 Å². The van der Waals surface area contributed by atoms with Gasteiger partial charge in [0, 0.05) is 19.0 Å². The summed E-state index contributed by atoms with van der Waals surface area (Å²) in [6.45, 7) is 1.27. The Morgan fingerprint density at radius 1 is 1.05 bits per heavy atom. The molecule has 120 valence electrons. The van der Waals surface area contributed by atoms with Gasteiger partial charge >= 0.3 is 6.18 Å². The number of nitrogens with zero attached hydrogens (tertiary/aromatic N) is 1. The molecule has 0 radical (unpaired) electrons. The Bertz CT molecular complexity index is 547. The summed E-state index contributed by atoms with van der Waals surface area (Å²) in [5, 5.41) is 0. The van der Waals surface area contributed by atoms with Gasteiger partial charge in [-0.25, -0.2) is 0 Å². The molecule has 22 heavy (non-hydrogen) atoms. The van der Waals surface area contributed by atoms with E-state index < -0.39 is 12.1 Å². The summed E-state index contributed by atoms with van der Waals surface area (Å²) < 4.78 is 38.1. The van der Waals surface area contributed by atoms with Crippen molar-refractivity contribution in [2.75, 3.05) is 6.54 Å². The predicted octanol–water partition coefficient (Wildman–Crippen LogP) is 3.94. The number of carbonyl (C=O) groups excluding carboxylic acids is 1. The van der Waals surface area contributed by atoms with Gasteiger partial charge in [0.1, 0.15) is 0 Å². The third-order valence-corrected chi connectivity index (χ3v) is 4.98. The zero-order valence-corrected chi connectivity index (χ0v) is 12.4. The maximum atomic E-state index is 12.7. The van der Waals surface area contributed by atoms with E-state index >= 15 is 0 Å². The van der Waals surface area contributed by atoms with Gasteiger partial charge in [-0.05, 0) is 43.2 Å². The quantitative estimate of drug-likeness (QED) is 0.769. The number of benzene rings is 1.